The summed E-state index contributed by atoms with van der Waals surface area (Å²) in [5, 5.41) is 0.148. The molecule has 0 heterocycles. The van der Waals surface area contributed by atoms with Crippen LogP contribution in [0.4, 0.5) is 0 Å². The first-order valence-corrected chi connectivity index (χ1v) is 16.2. The van der Waals surface area contributed by atoms with Gasteiger partial charge in [0.15, 0.2) is 8.32 Å². The fourth-order valence-corrected chi connectivity index (χ4v) is 6.31. The maximum Gasteiger partial charge on any atom is 0.305 e. The lowest BCUT2D eigenvalue weighted by Gasteiger charge is -2.40. The highest BCUT2D eigenvalue weighted by molar-refractivity contribution is 6.74. The molecule has 1 fully saturated rings. The van der Waals surface area contributed by atoms with E-state index in [1.807, 2.05) is 13.8 Å². The number of aldehydes is 1. The average Bonchev–Trinajstić information content (AvgIpc) is 3.09. The van der Waals surface area contributed by atoms with Crippen molar-refractivity contribution in [2.45, 2.75) is 108 Å². The maximum absolute atomic E-state index is 11.5. The lowest BCUT2D eigenvalue weighted by atomic mass is 9.82. The Morgan fingerprint density at radius 3 is 2.29 bits per heavy atom. The number of hydrogen-bond donors (Lipinski definition) is 0. The summed E-state index contributed by atoms with van der Waals surface area (Å²) in [5.74, 6) is 0.287. The topological polar surface area (TPSA) is 52.6 Å². The number of allylic oxidation sites excluding steroid dienone is 2. The fourth-order valence-electron chi connectivity index (χ4n) is 4.52. The van der Waals surface area contributed by atoms with Gasteiger partial charge in [-0.1, -0.05) is 57.2 Å². The molecule has 1 aliphatic carbocycles. The molecular formula is C29H45ClO4Si. The number of ether oxygens (including phenoxy) is 1. The van der Waals surface area contributed by atoms with E-state index in [0.717, 1.165) is 37.5 Å². The summed E-state index contributed by atoms with van der Waals surface area (Å²) in [6, 6.07) is 8.48. The average molecular weight is 521 g/mol. The Bertz CT molecular complexity index is 870. The van der Waals surface area contributed by atoms with Crippen molar-refractivity contribution < 1.29 is 18.8 Å². The fraction of sp³-hybridized carbons (Fsp3) is 0.655. The van der Waals surface area contributed by atoms with Crippen LogP contribution in [0, 0.1) is 5.92 Å². The van der Waals surface area contributed by atoms with Gasteiger partial charge in [-0.2, -0.15) is 0 Å². The monoisotopic (exact) mass is 520 g/mol. The molecular weight excluding hydrogens is 476 g/mol. The lowest BCUT2D eigenvalue weighted by Crippen LogP contribution is -2.44. The van der Waals surface area contributed by atoms with Crippen LogP contribution >= 0.6 is 11.6 Å². The standard InChI is InChI=1S/C29H45ClO4Si/c1-28(2,3)35(7,8)34-25-19-24(30)23(13-11-9-10-12-14-26(32)33-6)27(25)21-15-17-22(18-16-21)29(4,5)20-31/h9,11,15-18,20,23-25,27H,10,12-14,19H2,1-8H3/b11-9-/t23?,24-,25-,27-/m1/s1. The molecule has 1 unspecified atom stereocenters. The quantitative estimate of drug-likeness (QED) is 0.0754. The smallest absolute Gasteiger partial charge is 0.305 e. The molecule has 0 aliphatic heterocycles. The van der Waals surface area contributed by atoms with Gasteiger partial charge in [-0.15, -0.1) is 11.6 Å². The largest absolute Gasteiger partial charge is 0.469 e. The number of halogens is 1. The van der Waals surface area contributed by atoms with Crippen molar-refractivity contribution in [3.63, 3.8) is 0 Å². The van der Waals surface area contributed by atoms with Crippen LogP contribution in [0.25, 0.3) is 0 Å². The van der Waals surface area contributed by atoms with Crippen LogP contribution in [0.15, 0.2) is 36.4 Å². The van der Waals surface area contributed by atoms with Crippen molar-refractivity contribution in [1.29, 1.82) is 0 Å². The van der Waals surface area contributed by atoms with Gasteiger partial charge in [-0.3, -0.25) is 4.79 Å². The number of esters is 1. The number of alkyl halides is 1. The third-order valence-corrected chi connectivity index (χ3v) is 12.9. The zero-order valence-corrected chi connectivity index (χ0v) is 24.7. The van der Waals surface area contributed by atoms with E-state index in [9.17, 15) is 9.59 Å². The van der Waals surface area contributed by atoms with E-state index < -0.39 is 13.7 Å². The van der Waals surface area contributed by atoms with Gasteiger partial charge in [0.1, 0.15) is 6.29 Å². The van der Waals surface area contributed by atoms with Crippen molar-refractivity contribution in [2.75, 3.05) is 7.11 Å². The van der Waals surface area contributed by atoms with E-state index in [1.54, 1.807) is 0 Å². The van der Waals surface area contributed by atoms with Gasteiger partial charge in [-0.25, -0.2) is 0 Å². The summed E-state index contributed by atoms with van der Waals surface area (Å²) in [5.41, 5.74) is 1.74. The van der Waals surface area contributed by atoms with Crippen molar-refractivity contribution in [3.8, 4) is 0 Å². The molecule has 1 aliphatic rings. The minimum absolute atomic E-state index is 0.0283. The summed E-state index contributed by atoms with van der Waals surface area (Å²) >= 11 is 6.98. The Morgan fingerprint density at radius 1 is 1.11 bits per heavy atom. The highest BCUT2D eigenvalue weighted by Gasteiger charge is 2.48. The number of benzene rings is 1. The van der Waals surface area contributed by atoms with Gasteiger partial charge in [-0.05, 0) is 74.7 Å². The second-order valence-electron chi connectivity index (χ2n) is 12.0. The van der Waals surface area contributed by atoms with Crippen LogP contribution in [0.5, 0.6) is 0 Å². The number of methoxy groups -OCH3 is 1. The molecule has 0 saturated heterocycles. The molecule has 1 aromatic carbocycles. The first-order chi connectivity index (χ1) is 16.2. The van der Waals surface area contributed by atoms with Crippen LogP contribution < -0.4 is 0 Å². The van der Waals surface area contributed by atoms with Crippen molar-refractivity contribution in [2.24, 2.45) is 5.92 Å². The number of rotatable bonds is 11. The van der Waals surface area contributed by atoms with Crippen molar-refractivity contribution >= 4 is 32.2 Å². The molecule has 1 aromatic rings. The molecule has 6 heteroatoms. The van der Waals surface area contributed by atoms with Crippen molar-refractivity contribution in [3.05, 3.63) is 47.5 Å². The number of unbranched alkanes of at least 4 members (excludes halogenated alkanes) is 1. The van der Waals surface area contributed by atoms with E-state index in [4.69, 9.17) is 20.8 Å². The Labute approximate surface area is 218 Å². The zero-order valence-electron chi connectivity index (χ0n) is 22.9. The van der Waals surface area contributed by atoms with Crippen molar-refractivity contribution in [1.82, 2.24) is 0 Å². The van der Waals surface area contributed by atoms with Gasteiger partial charge in [0.05, 0.1) is 13.2 Å². The molecule has 1 saturated carbocycles. The van der Waals surface area contributed by atoms with Gasteiger partial charge in [0.2, 0.25) is 0 Å². The second-order valence-corrected chi connectivity index (χ2v) is 17.3. The van der Waals surface area contributed by atoms with Crippen LogP contribution in [-0.2, 0) is 24.2 Å². The van der Waals surface area contributed by atoms with E-state index in [-0.39, 0.29) is 34.3 Å². The molecule has 0 amide bonds. The van der Waals surface area contributed by atoms with E-state index in [0.29, 0.717) is 6.42 Å². The molecule has 0 spiro atoms. The van der Waals surface area contributed by atoms with E-state index >= 15 is 0 Å². The summed E-state index contributed by atoms with van der Waals surface area (Å²) < 4.78 is 11.7. The minimum atomic E-state index is -1.98. The molecule has 4 nitrogen and oxygen atoms in total. The van der Waals surface area contributed by atoms with Crippen LogP contribution in [-0.4, -0.2) is 39.2 Å². The highest BCUT2D eigenvalue weighted by atomic mass is 35.5. The van der Waals surface area contributed by atoms with Gasteiger partial charge in [0, 0.05) is 23.1 Å². The van der Waals surface area contributed by atoms with E-state index in [1.165, 1.54) is 12.7 Å². The molecule has 0 aromatic heterocycles. The van der Waals surface area contributed by atoms with Crippen LogP contribution in [0.3, 0.4) is 0 Å². The third kappa shape index (κ3) is 7.77. The molecule has 35 heavy (non-hydrogen) atoms. The normalized spacial score (nSPS) is 23.6. The Hall–Kier alpha value is -1.43. The third-order valence-electron chi connectivity index (χ3n) is 7.92. The number of carbonyl (C=O) groups is 2. The Morgan fingerprint density at radius 2 is 1.74 bits per heavy atom. The van der Waals surface area contributed by atoms with Gasteiger partial charge < -0.3 is 14.0 Å². The first-order valence-electron chi connectivity index (χ1n) is 12.8. The molecule has 0 bridgehead atoms. The Balaban J connectivity index is 2.27. The van der Waals surface area contributed by atoms with Crippen LogP contribution in [0.2, 0.25) is 18.1 Å². The molecule has 0 radical (unpaired) electrons. The van der Waals surface area contributed by atoms with Gasteiger partial charge >= 0.3 is 5.97 Å². The molecule has 4 atom stereocenters. The summed E-state index contributed by atoms with van der Waals surface area (Å²) in [4.78, 5) is 22.9. The summed E-state index contributed by atoms with van der Waals surface area (Å²) in [7, 11) is -0.556. The Kier molecular flexibility index (Phi) is 10.4. The molecule has 2 rings (SSSR count). The molecule has 0 N–H and O–H groups in total. The number of carbonyl (C=O) groups excluding carboxylic acids is 2. The van der Waals surface area contributed by atoms with Gasteiger partial charge in [0.25, 0.3) is 0 Å². The first kappa shape index (κ1) is 29.8. The SMILES string of the molecule is COC(=O)CCC/C=C\CC1[C@H](Cl)C[C@@H](O[Si](C)(C)C(C)(C)C)[C@@H]1c1ccc(C(C)(C)C=O)cc1. The minimum Gasteiger partial charge on any atom is -0.469 e. The van der Waals surface area contributed by atoms with E-state index in [2.05, 4.69) is 70.3 Å². The molecule has 196 valence electrons. The lowest BCUT2D eigenvalue weighted by molar-refractivity contribution is -0.140. The summed E-state index contributed by atoms with van der Waals surface area (Å²) in [6.45, 7) is 15.3. The zero-order chi connectivity index (χ0) is 26.4. The summed E-state index contributed by atoms with van der Waals surface area (Å²) in [6.07, 6.45) is 9.22. The highest BCUT2D eigenvalue weighted by Crippen LogP contribution is 2.49. The predicted octanol–water partition coefficient (Wildman–Crippen LogP) is 7.55. The van der Waals surface area contributed by atoms with Crippen LogP contribution in [0.1, 0.15) is 83.8 Å². The predicted molar refractivity (Wildman–Crippen MR) is 148 cm³/mol. The second kappa shape index (κ2) is 12.2. The number of hydrogen-bond acceptors (Lipinski definition) is 4. The maximum atomic E-state index is 11.5.